The third kappa shape index (κ3) is 1.63. The molecule has 2 N–H and O–H groups in total. The normalized spacial score (nSPS) is 16.9. The lowest BCUT2D eigenvalue weighted by Gasteiger charge is -2.14. The van der Waals surface area contributed by atoms with Gasteiger partial charge in [0.2, 0.25) is 0 Å². The summed E-state index contributed by atoms with van der Waals surface area (Å²) >= 11 is 0. The highest BCUT2D eigenvalue weighted by Crippen LogP contribution is 2.25. The highest BCUT2D eigenvalue weighted by atomic mass is 32.2. The van der Waals surface area contributed by atoms with Crippen LogP contribution in [0.15, 0.2) is 21.6 Å². The van der Waals surface area contributed by atoms with Crippen molar-refractivity contribution < 1.29 is 18.3 Å². The predicted octanol–water partition coefficient (Wildman–Crippen LogP) is 0.312. The number of carbonyl (C=O) groups is 1. The summed E-state index contributed by atoms with van der Waals surface area (Å²) in [4.78, 5) is 14.2. The van der Waals surface area contributed by atoms with Gasteiger partial charge in [0, 0.05) is 6.20 Å². The maximum absolute atomic E-state index is 11.6. The number of aromatic nitrogens is 1. The van der Waals surface area contributed by atoms with Crippen molar-refractivity contribution in [3.05, 3.63) is 17.8 Å². The molecule has 0 fully saturated rings. The summed E-state index contributed by atoms with van der Waals surface area (Å²) in [7, 11) is -3.85. The van der Waals surface area contributed by atoms with Crippen molar-refractivity contribution in [2.45, 2.75) is 11.8 Å². The first-order valence-corrected chi connectivity index (χ1v) is 5.66. The molecule has 0 aromatic carbocycles. The van der Waals surface area contributed by atoms with Crippen LogP contribution in [0, 0.1) is 0 Å². The van der Waals surface area contributed by atoms with Crippen LogP contribution in [0.25, 0.3) is 0 Å². The van der Waals surface area contributed by atoms with E-state index in [4.69, 9.17) is 5.11 Å². The number of nitrogens with one attached hydrogen (secondary N) is 1. The Balaban J connectivity index is 2.68. The zero-order chi connectivity index (χ0) is 11.9. The topological polar surface area (TPSA) is 109 Å². The van der Waals surface area contributed by atoms with Crippen LogP contribution < -0.4 is 5.32 Å². The van der Waals surface area contributed by atoms with Gasteiger partial charge in [0.05, 0.1) is 5.56 Å². The molecule has 0 aliphatic carbocycles. The fourth-order valence-corrected chi connectivity index (χ4v) is 2.40. The standard InChI is InChI=1S/C8H7N3O4S/c1-4-10-7-6(16(14,15)11-4)2-5(3-9-7)8(12)13/h2-3H,1H3,(H,12,13)(H,9,10,11). The highest BCUT2D eigenvalue weighted by molar-refractivity contribution is 7.90. The van der Waals surface area contributed by atoms with Crippen molar-refractivity contribution >= 4 is 27.6 Å². The molecule has 0 atom stereocenters. The number of sulfonamides is 1. The first-order chi connectivity index (χ1) is 7.40. The Labute approximate surface area is 90.9 Å². The van der Waals surface area contributed by atoms with Crippen LogP contribution in [0.2, 0.25) is 0 Å². The number of fused-ring (bicyclic) bond motifs is 1. The Bertz CT molecular complexity index is 606. The average Bonchev–Trinajstić information content (AvgIpc) is 2.15. The lowest BCUT2D eigenvalue weighted by Crippen LogP contribution is -2.20. The molecule has 0 radical (unpaired) electrons. The summed E-state index contributed by atoms with van der Waals surface area (Å²) in [5.41, 5.74) is -0.195. The van der Waals surface area contributed by atoms with Crippen LogP contribution in [-0.4, -0.2) is 30.3 Å². The highest BCUT2D eigenvalue weighted by Gasteiger charge is 2.25. The molecule has 1 aliphatic rings. The summed E-state index contributed by atoms with van der Waals surface area (Å²) in [6.45, 7) is 1.48. The largest absolute Gasteiger partial charge is 0.478 e. The second-order valence-electron chi connectivity index (χ2n) is 3.15. The van der Waals surface area contributed by atoms with E-state index in [1.807, 2.05) is 0 Å². The summed E-state index contributed by atoms with van der Waals surface area (Å²) in [5.74, 6) is -0.947. The fourth-order valence-electron chi connectivity index (χ4n) is 1.28. The lowest BCUT2D eigenvalue weighted by atomic mass is 10.3. The van der Waals surface area contributed by atoms with Crippen molar-refractivity contribution in [2.24, 2.45) is 4.40 Å². The fraction of sp³-hybridized carbons (Fsp3) is 0.125. The van der Waals surface area contributed by atoms with E-state index in [2.05, 4.69) is 14.7 Å². The molecule has 1 aliphatic heterocycles. The molecule has 0 amide bonds. The number of carboxylic acid groups (broad SMARTS) is 1. The summed E-state index contributed by atoms with van der Waals surface area (Å²) < 4.78 is 26.6. The maximum Gasteiger partial charge on any atom is 0.337 e. The van der Waals surface area contributed by atoms with Crippen molar-refractivity contribution in [1.29, 1.82) is 0 Å². The Morgan fingerprint density at radius 2 is 2.19 bits per heavy atom. The molecule has 1 aromatic rings. The Morgan fingerprint density at radius 3 is 2.81 bits per heavy atom. The van der Waals surface area contributed by atoms with Gasteiger partial charge in [0.15, 0.2) is 5.82 Å². The number of aromatic carboxylic acids is 1. The van der Waals surface area contributed by atoms with Gasteiger partial charge in [-0.15, -0.1) is 4.40 Å². The molecule has 2 rings (SSSR count). The van der Waals surface area contributed by atoms with Gasteiger partial charge in [-0.3, -0.25) is 0 Å². The van der Waals surface area contributed by atoms with Crippen molar-refractivity contribution in [1.82, 2.24) is 4.98 Å². The lowest BCUT2D eigenvalue weighted by molar-refractivity contribution is 0.0696. The minimum atomic E-state index is -3.85. The number of amidine groups is 1. The van der Waals surface area contributed by atoms with Gasteiger partial charge in [-0.05, 0) is 13.0 Å². The van der Waals surface area contributed by atoms with Crippen LogP contribution in [0.1, 0.15) is 17.3 Å². The number of hydrogen-bond donors (Lipinski definition) is 2. The number of carboxylic acids is 1. The SMILES string of the molecule is CC1=NS(=O)(=O)c2cc(C(=O)O)cnc2N1. The van der Waals surface area contributed by atoms with Crippen molar-refractivity contribution in [3.8, 4) is 0 Å². The average molecular weight is 241 g/mol. The second-order valence-corrected chi connectivity index (χ2v) is 4.73. The smallest absolute Gasteiger partial charge is 0.337 e. The zero-order valence-corrected chi connectivity index (χ0v) is 8.95. The summed E-state index contributed by atoms with van der Waals surface area (Å²) in [5, 5.41) is 11.4. The number of rotatable bonds is 1. The predicted molar refractivity (Wildman–Crippen MR) is 55.1 cm³/mol. The van der Waals surface area contributed by atoms with Crippen LogP contribution >= 0.6 is 0 Å². The summed E-state index contributed by atoms with van der Waals surface area (Å²) in [6, 6.07) is 1.03. The Kier molecular flexibility index (Phi) is 2.16. The molecule has 0 bridgehead atoms. The molecule has 7 nitrogen and oxygen atoms in total. The zero-order valence-electron chi connectivity index (χ0n) is 8.13. The number of pyridine rings is 1. The summed E-state index contributed by atoms with van der Waals surface area (Å²) in [6.07, 6.45) is 1.09. The van der Waals surface area contributed by atoms with Crippen LogP contribution in [0.5, 0.6) is 0 Å². The molecular weight excluding hydrogens is 234 g/mol. The van der Waals surface area contributed by atoms with Crippen LogP contribution in [-0.2, 0) is 10.0 Å². The van der Waals surface area contributed by atoms with Crippen molar-refractivity contribution in [3.63, 3.8) is 0 Å². The molecule has 1 aromatic heterocycles. The minimum absolute atomic E-state index is 0.0949. The third-order valence-electron chi connectivity index (χ3n) is 1.93. The van der Waals surface area contributed by atoms with E-state index in [1.54, 1.807) is 0 Å². The van der Waals surface area contributed by atoms with Gasteiger partial charge in [-0.25, -0.2) is 9.78 Å². The van der Waals surface area contributed by atoms with Crippen molar-refractivity contribution in [2.75, 3.05) is 5.32 Å². The molecule has 8 heteroatoms. The number of hydrogen-bond acceptors (Lipinski definition) is 5. The molecule has 84 valence electrons. The van der Waals surface area contributed by atoms with E-state index in [9.17, 15) is 13.2 Å². The van der Waals surface area contributed by atoms with Gasteiger partial charge in [0.1, 0.15) is 10.7 Å². The van der Waals surface area contributed by atoms with Gasteiger partial charge < -0.3 is 10.4 Å². The Hall–Kier alpha value is -1.96. The van der Waals surface area contributed by atoms with Crippen LogP contribution in [0.4, 0.5) is 5.82 Å². The van der Waals surface area contributed by atoms with E-state index in [0.29, 0.717) is 0 Å². The Morgan fingerprint density at radius 1 is 1.50 bits per heavy atom. The van der Waals surface area contributed by atoms with Gasteiger partial charge in [0.25, 0.3) is 10.0 Å². The van der Waals surface area contributed by atoms with Gasteiger partial charge >= 0.3 is 5.97 Å². The molecule has 0 saturated carbocycles. The van der Waals surface area contributed by atoms with E-state index < -0.39 is 16.0 Å². The number of anilines is 1. The van der Waals surface area contributed by atoms with Crippen LogP contribution in [0.3, 0.4) is 0 Å². The molecule has 0 saturated heterocycles. The van der Waals surface area contributed by atoms with Gasteiger partial charge in [-0.2, -0.15) is 8.42 Å². The molecule has 0 spiro atoms. The number of nitrogens with zero attached hydrogens (tertiary/aromatic N) is 2. The van der Waals surface area contributed by atoms with E-state index in [0.717, 1.165) is 12.3 Å². The molecule has 2 heterocycles. The third-order valence-corrected chi connectivity index (χ3v) is 3.32. The molecular formula is C8H7N3O4S. The van der Waals surface area contributed by atoms with E-state index >= 15 is 0 Å². The maximum atomic E-state index is 11.6. The van der Waals surface area contributed by atoms with E-state index in [1.165, 1.54) is 6.92 Å². The molecule has 0 unspecified atom stereocenters. The first kappa shape index (κ1) is 10.6. The minimum Gasteiger partial charge on any atom is -0.478 e. The second kappa shape index (κ2) is 3.27. The monoisotopic (exact) mass is 241 g/mol. The quantitative estimate of drug-likeness (QED) is 0.732. The van der Waals surface area contributed by atoms with E-state index in [-0.39, 0.29) is 22.1 Å². The molecule has 16 heavy (non-hydrogen) atoms. The first-order valence-electron chi connectivity index (χ1n) is 4.22. The van der Waals surface area contributed by atoms with Gasteiger partial charge in [-0.1, -0.05) is 0 Å².